The largest absolute Gasteiger partial charge is 0.481 e. The first-order chi connectivity index (χ1) is 14.2. The third-order valence-electron chi connectivity index (χ3n) is 6.64. The zero-order valence-corrected chi connectivity index (χ0v) is 19.7. The van der Waals surface area contributed by atoms with Gasteiger partial charge in [-0.2, -0.15) is 0 Å². The van der Waals surface area contributed by atoms with E-state index in [1.165, 1.54) is 12.8 Å². The fourth-order valence-corrected chi connectivity index (χ4v) is 4.71. The summed E-state index contributed by atoms with van der Waals surface area (Å²) >= 11 is 0. The topological polar surface area (TPSA) is 74.6 Å². The van der Waals surface area contributed by atoms with E-state index in [0.29, 0.717) is 24.7 Å². The molecule has 0 spiro atoms. The second-order valence-electron chi connectivity index (χ2n) is 9.96. The highest BCUT2D eigenvalue weighted by Gasteiger charge is 2.58. The molecular formula is C26H44O4. The van der Waals surface area contributed by atoms with Crippen LogP contribution in [0.25, 0.3) is 0 Å². The van der Waals surface area contributed by atoms with Crippen molar-refractivity contribution >= 4 is 11.9 Å². The maximum atomic E-state index is 12.5. The monoisotopic (exact) mass is 420 g/mol. The molecule has 0 saturated carbocycles. The van der Waals surface area contributed by atoms with Crippen LogP contribution < -0.4 is 0 Å². The van der Waals surface area contributed by atoms with E-state index in [1.807, 2.05) is 0 Å². The summed E-state index contributed by atoms with van der Waals surface area (Å²) < 4.78 is 0. The summed E-state index contributed by atoms with van der Waals surface area (Å²) in [6.07, 6.45) is 17.7. The molecule has 1 aliphatic carbocycles. The quantitative estimate of drug-likeness (QED) is 0.258. The molecule has 2 N–H and O–H groups in total. The molecule has 2 unspecified atom stereocenters. The Bertz CT molecular complexity index is 538. The summed E-state index contributed by atoms with van der Waals surface area (Å²) in [5.74, 6) is -0.649. The summed E-state index contributed by atoms with van der Waals surface area (Å²) in [6, 6.07) is 0. The lowest BCUT2D eigenvalue weighted by atomic mass is 9.57. The fraction of sp³-hybridized carbons (Fsp3) is 0.769. The van der Waals surface area contributed by atoms with Crippen molar-refractivity contribution in [2.75, 3.05) is 0 Å². The minimum absolute atomic E-state index is 0.379. The van der Waals surface area contributed by atoms with E-state index < -0.39 is 22.8 Å². The van der Waals surface area contributed by atoms with Crippen molar-refractivity contribution in [1.29, 1.82) is 0 Å². The second kappa shape index (κ2) is 13.0. The highest BCUT2D eigenvalue weighted by Crippen LogP contribution is 2.52. The van der Waals surface area contributed by atoms with Gasteiger partial charge in [0.05, 0.1) is 0 Å². The molecule has 0 bridgehead atoms. The predicted octanol–water partition coefficient (Wildman–Crippen LogP) is 7.25. The SMILES string of the molecule is CC(C)CCCCCCC1(C(=O)O)C=CC=CC1(CCCCCCC(C)C)C(=O)O. The van der Waals surface area contributed by atoms with Crippen LogP contribution in [0.2, 0.25) is 0 Å². The number of carboxylic acid groups (broad SMARTS) is 2. The van der Waals surface area contributed by atoms with E-state index in [9.17, 15) is 19.8 Å². The Hall–Kier alpha value is -1.58. The number of allylic oxidation sites excluding steroid dienone is 2. The third-order valence-corrected chi connectivity index (χ3v) is 6.64. The number of rotatable bonds is 16. The summed E-state index contributed by atoms with van der Waals surface area (Å²) in [5.41, 5.74) is -2.72. The number of unbranched alkanes of at least 4 members (excludes halogenated alkanes) is 6. The van der Waals surface area contributed by atoms with Gasteiger partial charge in [-0.05, 0) is 24.7 Å². The lowest BCUT2D eigenvalue weighted by molar-refractivity contribution is -0.167. The smallest absolute Gasteiger partial charge is 0.315 e. The molecule has 2 atom stereocenters. The lowest BCUT2D eigenvalue weighted by Gasteiger charge is -2.43. The predicted molar refractivity (Wildman–Crippen MR) is 123 cm³/mol. The Labute approximate surface area is 183 Å². The molecule has 4 nitrogen and oxygen atoms in total. The van der Waals surface area contributed by atoms with Crippen LogP contribution in [0.5, 0.6) is 0 Å². The summed E-state index contributed by atoms with van der Waals surface area (Å²) in [4.78, 5) is 24.9. The van der Waals surface area contributed by atoms with Crippen LogP contribution in [0.3, 0.4) is 0 Å². The van der Waals surface area contributed by atoms with E-state index >= 15 is 0 Å². The molecule has 4 heteroatoms. The van der Waals surface area contributed by atoms with Crippen LogP contribution in [0.15, 0.2) is 24.3 Å². The van der Waals surface area contributed by atoms with E-state index in [2.05, 4.69) is 27.7 Å². The average Bonchev–Trinajstić information content (AvgIpc) is 2.67. The molecule has 0 fully saturated rings. The van der Waals surface area contributed by atoms with Gasteiger partial charge in [0.2, 0.25) is 0 Å². The minimum atomic E-state index is -1.36. The van der Waals surface area contributed by atoms with Gasteiger partial charge in [0.25, 0.3) is 0 Å². The number of carboxylic acids is 2. The van der Waals surface area contributed by atoms with Gasteiger partial charge in [-0.15, -0.1) is 0 Å². The Balaban J connectivity index is 2.81. The van der Waals surface area contributed by atoms with Gasteiger partial charge in [-0.1, -0.05) is 116 Å². The average molecular weight is 421 g/mol. The van der Waals surface area contributed by atoms with Crippen LogP contribution in [-0.2, 0) is 9.59 Å². The van der Waals surface area contributed by atoms with Crippen LogP contribution in [0.4, 0.5) is 0 Å². The molecule has 0 aromatic carbocycles. The normalized spacial score (nSPS) is 23.4. The van der Waals surface area contributed by atoms with E-state index in [4.69, 9.17) is 0 Å². The summed E-state index contributed by atoms with van der Waals surface area (Å²) in [7, 11) is 0. The molecule has 0 aromatic rings. The molecule has 172 valence electrons. The van der Waals surface area contributed by atoms with Gasteiger partial charge in [0.15, 0.2) is 0 Å². The minimum Gasteiger partial charge on any atom is -0.481 e. The second-order valence-corrected chi connectivity index (χ2v) is 9.96. The van der Waals surface area contributed by atoms with Crippen LogP contribution in [0, 0.1) is 22.7 Å². The van der Waals surface area contributed by atoms with Gasteiger partial charge in [-0.25, -0.2) is 0 Å². The number of hydrogen-bond acceptors (Lipinski definition) is 2. The number of carbonyl (C=O) groups is 2. The Morgan fingerprint density at radius 2 is 0.967 bits per heavy atom. The molecule has 0 aromatic heterocycles. The Morgan fingerprint density at radius 1 is 0.633 bits per heavy atom. The Kier molecular flexibility index (Phi) is 11.4. The maximum absolute atomic E-state index is 12.5. The first-order valence-electron chi connectivity index (χ1n) is 12.0. The van der Waals surface area contributed by atoms with Crippen LogP contribution in [-0.4, -0.2) is 22.2 Å². The molecule has 30 heavy (non-hydrogen) atoms. The van der Waals surface area contributed by atoms with Crippen molar-refractivity contribution < 1.29 is 19.8 Å². The highest BCUT2D eigenvalue weighted by atomic mass is 16.4. The van der Waals surface area contributed by atoms with Crippen molar-refractivity contribution in [2.24, 2.45) is 22.7 Å². The summed E-state index contributed by atoms with van der Waals surface area (Å²) in [5, 5.41) is 20.4. The van der Waals surface area contributed by atoms with Gasteiger partial charge < -0.3 is 10.2 Å². The van der Waals surface area contributed by atoms with E-state index in [0.717, 1.165) is 51.4 Å². The van der Waals surface area contributed by atoms with Gasteiger partial charge >= 0.3 is 11.9 Å². The molecule has 0 saturated heterocycles. The van der Waals surface area contributed by atoms with E-state index in [-0.39, 0.29) is 0 Å². The number of hydrogen-bond donors (Lipinski definition) is 2. The zero-order valence-electron chi connectivity index (χ0n) is 19.7. The van der Waals surface area contributed by atoms with Crippen molar-refractivity contribution in [1.82, 2.24) is 0 Å². The molecule has 0 radical (unpaired) electrons. The standard InChI is InChI=1S/C26H44O4/c1-21(2)15-9-5-7-11-17-25(23(27)28)19-13-14-20-26(25,24(29)30)18-12-8-6-10-16-22(3)4/h13-14,19-22H,5-12,15-18H2,1-4H3,(H,27,28)(H,29,30). The van der Waals surface area contributed by atoms with Gasteiger partial charge in [0.1, 0.15) is 10.8 Å². The van der Waals surface area contributed by atoms with Crippen molar-refractivity contribution in [3.8, 4) is 0 Å². The van der Waals surface area contributed by atoms with Gasteiger partial charge in [0, 0.05) is 0 Å². The molecule has 1 aliphatic rings. The van der Waals surface area contributed by atoms with Gasteiger partial charge in [-0.3, -0.25) is 9.59 Å². The molecular weight excluding hydrogens is 376 g/mol. The molecule has 0 heterocycles. The zero-order chi connectivity index (χ0) is 22.6. The molecule has 1 rings (SSSR count). The summed E-state index contributed by atoms with van der Waals surface area (Å²) in [6.45, 7) is 8.84. The molecule has 0 amide bonds. The first-order valence-corrected chi connectivity index (χ1v) is 12.0. The van der Waals surface area contributed by atoms with Crippen molar-refractivity contribution in [3.05, 3.63) is 24.3 Å². The van der Waals surface area contributed by atoms with Crippen molar-refractivity contribution in [3.63, 3.8) is 0 Å². The maximum Gasteiger partial charge on any atom is 0.315 e. The lowest BCUT2D eigenvalue weighted by Crippen LogP contribution is -2.51. The number of aliphatic carboxylic acids is 2. The fourth-order valence-electron chi connectivity index (χ4n) is 4.71. The first kappa shape index (κ1) is 26.5. The highest BCUT2D eigenvalue weighted by molar-refractivity contribution is 5.90. The third kappa shape index (κ3) is 7.28. The van der Waals surface area contributed by atoms with E-state index in [1.54, 1.807) is 24.3 Å². The Morgan fingerprint density at radius 3 is 1.27 bits per heavy atom. The van der Waals surface area contributed by atoms with Crippen molar-refractivity contribution in [2.45, 2.75) is 105 Å². The van der Waals surface area contributed by atoms with Crippen LogP contribution >= 0.6 is 0 Å². The molecule has 0 aliphatic heterocycles. The van der Waals surface area contributed by atoms with Crippen LogP contribution in [0.1, 0.15) is 105 Å².